The predicted octanol–water partition coefficient (Wildman–Crippen LogP) is 4.43. The van der Waals surface area contributed by atoms with Crippen molar-refractivity contribution in [3.8, 4) is 16.5 Å². The molecule has 0 aliphatic heterocycles. The van der Waals surface area contributed by atoms with E-state index in [2.05, 4.69) is 27.3 Å². The van der Waals surface area contributed by atoms with Crippen LogP contribution < -0.4 is 5.32 Å². The van der Waals surface area contributed by atoms with E-state index < -0.39 is 0 Å². The van der Waals surface area contributed by atoms with Crippen molar-refractivity contribution in [3.63, 3.8) is 0 Å². The van der Waals surface area contributed by atoms with Crippen LogP contribution in [0.15, 0.2) is 41.6 Å². The lowest BCUT2D eigenvalue weighted by Crippen LogP contribution is -2.23. The van der Waals surface area contributed by atoms with E-state index in [9.17, 15) is 4.79 Å². The van der Waals surface area contributed by atoms with Gasteiger partial charge in [0, 0.05) is 17.3 Å². The molecule has 0 atom stereocenters. The van der Waals surface area contributed by atoms with Crippen LogP contribution in [0.3, 0.4) is 0 Å². The van der Waals surface area contributed by atoms with Crippen LogP contribution in [0, 0.1) is 6.92 Å². The quantitative estimate of drug-likeness (QED) is 0.440. The summed E-state index contributed by atoms with van der Waals surface area (Å²) in [6.45, 7) is 4.57. The highest BCUT2D eigenvalue weighted by Gasteiger charge is 2.20. The Hall–Kier alpha value is -2.91. The summed E-state index contributed by atoms with van der Waals surface area (Å²) in [5, 5.41) is 9.48. The van der Waals surface area contributed by atoms with Gasteiger partial charge in [-0.2, -0.15) is 5.10 Å². The molecule has 4 rings (SSSR count). The van der Waals surface area contributed by atoms with Crippen LogP contribution in [-0.4, -0.2) is 30.6 Å². The molecule has 1 amide bonds. The highest BCUT2D eigenvalue weighted by Crippen LogP contribution is 2.26. The summed E-state index contributed by atoms with van der Waals surface area (Å²) in [6, 6.07) is 4.05. The number of carbonyl (C=O) groups excluding carboxylic acids is 1. The fourth-order valence-corrected chi connectivity index (χ4v) is 4.42. The normalized spacial score (nSPS) is 11.0. The third-order valence-corrected chi connectivity index (χ3v) is 6.35. The lowest BCUT2D eigenvalue weighted by Gasteiger charge is -2.10. The molecule has 0 unspecified atom stereocenters. The molecule has 0 saturated carbocycles. The minimum atomic E-state index is -0.147. The van der Waals surface area contributed by atoms with Gasteiger partial charge in [0.1, 0.15) is 0 Å². The number of unbranched alkanes of at least 4 members (excludes halogenated alkanes) is 1. The largest absolute Gasteiger partial charge is 0.347 e. The number of thiophene rings is 1. The van der Waals surface area contributed by atoms with Gasteiger partial charge in [-0.3, -0.25) is 9.78 Å². The van der Waals surface area contributed by atoms with Gasteiger partial charge in [-0.1, -0.05) is 19.4 Å². The minimum Gasteiger partial charge on any atom is -0.347 e. The minimum absolute atomic E-state index is 0.147. The molecule has 0 radical (unpaired) electrons. The first-order valence-electron chi connectivity index (χ1n) is 9.77. The summed E-state index contributed by atoms with van der Waals surface area (Å²) in [6.07, 6.45) is 7.88. The summed E-state index contributed by atoms with van der Waals surface area (Å²) in [5.41, 5.74) is 5.05. The van der Waals surface area contributed by atoms with Gasteiger partial charge >= 0.3 is 0 Å². The van der Waals surface area contributed by atoms with Gasteiger partial charge in [-0.05, 0) is 36.8 Å². The Morgan fingerprint density at radius 2 is 2.13 bits per heavy atom. The molecule has 4 heterocycles. The van der Waals surface area contributed by atoms with E-state index >= 15 is 0 Å². The Morgan fingerprint density at radius 1 is 1.23 bits per heavy atom. The number of hydrogen-bond donors (Lipinski definition) is 1. The van der Waals surface area contributed by atoms with Gasteiger partial charge in [0.25, 0.3) is 11.9 Å². The SMILES string of the molecule is CCCCc1c(C(=O)NCc2cncs2)cnn1-c1ncc(C)c(-c2cccs2)n1. The first-order chi connectivity index (χ1) is 14.7. The number of amides is 1. The van der Waals surface area contributed by atoms with E-state index in [0.717, 1.165) is 46.0 Å². The van der Waals surface area contributed by atoms with Crippen LogP contribution >= 0.6 is 22.7 Å². The van der Waals surface area contributed by atoms with Crippen LogP contribution in [-0.2, 0) is 13.0 Å². The Labute approximate surface area is 182 Å². The Kier molecular flexibility index (Phi) is 6.29. The van der Waals surface area contributed by atoms with E-state index in [0.29, 0.717) is 18.1 Å². The summed E-state index contributed by atoms with van der Waals surface area (Å²) in [4.78, 5) is 28.3. The maximum atomic E-state index is 12.9. The van der Waals surface area contributed by atoms with Crippen molar-refractivity contribution in [1.82, 2.24) is 30.0 Å². The lowest BCUT2D eigenvalue weighted by atomic mass is 10.1. The van der Waals surface area contributed by atoms with Crippen LogP contribution in [0.4, 0.5) is 0 Å². The molecule has 4 aromatic rings. The zero-order chi connectivity index (χ0) is 20.9. The molecule has 7 nitrogen and oxygen atoms in total. The topological polar surface area (TPSA) is 85.6 Å². The number of nitrogens with one attached hydrogen (secondary N) is 1. The maximum absolute atomic E-state index is 12.9. The van der Waals surface area contributed by atoms with Gasteiger partial charge < -0.3 is 5.32 Å². The predicted molar refractivity (Wildman–Crippen MR) is 119 cm³/mol. The summed E-state index contributed by atoms with van der Waals surface area (Å²) < 4.78 is 1.70. The fourth-order valence-electron chi connectivity index (χ4n) is 3.11. The van der Waals surface area contributed by atoms with Crippen LogP contribution in [0.1, 0.15) is 46.3 Å². The number of hydrogen-bond acceptors (Lipinski definition) is 7. The monoisotopic (exact) mass is 438 g/mol. The molecule has 0 fully saturated rings. The zero-order valence-corrected chi connectivity index (χ0v) is 18.5. The summed E-state index contributed by atoms with van der Waals surface area (Å²) in [7, 11) is 0. The van der Waals surface area contributed by atoms with Gasteiger partial charge in [-0.15, -0.1) is 22.7 Å². The average Bonchev–Trinajstić information content (AvgIpc) is 3.52. The van der Waals surface area contributed by atoms with E-state index in [1.54, 1.807) is 33.9 Å². The molecule has 9 heteroatoms. The molecule has 1 N–H and O–H groups in total. The first kappa shape index (κ1) is 20.4. The number of thiazole rings is 1. The second kappa shape index (κ2) is 9.27. The molecule has 0 aliphatic carbocycles. The molecule has 0 aliphatic rings. The molecule has 0 spiro atoms. The molecule has 0 bridgehead atoms. The van der Waals surface area contributed by atoms with Gasteiger partial charge in [-0.25, -0.2) is 14.6 Å². The van der Waals surface area contributed by atoms with Crippen molar-refractivity contribution >= 4 is 28.6 Å². The molecular formula is C21H22N6OS2. The molecular weight excluding hydrogens is 416 g/mol. The van der Waals surface area contributed by atoms with Gasteiger partial charge in [0.05, 0.1) is 40.1 Å². The third-order valence-electron chi connectivity index (χ3n) is 4.69. The van der Waals surface area contributed by atoms with Crippen LogP contribution in [0.5, 0.6) is 0 Å². The Bertz CT molecular complexity index is 1120. The Balaban J connectivity index is 1.66. The van der Waals surface area contributed by atoms with Crippen molar-refractivity contribution in [3.05, 3.63) is 63.3 Å². The second-order valence-electron chi connectivity index (χ2n) is 6.85. The number of aryl methyl sites for hydroxylation is 1. The zero-order valence-electron chi connectivity index (χ0n) is 16.8. The standard InChI is InChI=1S/C21H22N6OS2/c1-3-4-6-17-16(20(28)23-11-15-10-22-13-30-15)12-25-27(17)21-24-9-14(2)19(26-21)18-7-5-8-29-18/h5,7-10,12-13H,3-4,6,11H2,1-2H3,(H,23,28). The highest BCUT2D eigenvalue weighted by atomic mass is 32.1. The third kappa shape index (κ3) is 4.31. The summed E-state index contributed by atoms with van der Waals surface area (Å²) in [5.74, 6) is 0.336. The van der Waals surface area contributed by atoms with Gasteiger partial charge in [0.2, 0.25) is 0 Å². The average molecular weight is 439 g/mol. The molecule has 0 aromatic carbocycles. The van der Waals surface area contributed by atoms with E-state index in [-0.39, 0.29) is 5.91 Å². The van der Waals surface area contributed by atoms with Crippen molar-refractivity contribution < 1.29 is 4.79 Å². The molecule has 154 valence electrons. The lowest BCUT2D eigenvalue weighted by molar-refractivity contribution is 0.0950. The van der Waals surface area contributed by atoms with Crippen molar-refractivity contribution in [2.24, 2.45) is 0 Å². The van der Waals surface area contributed by atoms with Crippen LogP contribution in [0.2, 0.25) is 0 Å². The Morgan fingerprint density at radius 3 is 2.87 bits per heavy atom. The molecule has 0 saturated heterocycles. The number of carbonyl (C=O) groups is 1. The van der Waals surface area contributed by atoms with Gasteiger partial charge in [0.15, 0.2) is 0 Å². The second-order valence-corrected chi connectivity index (χ2v) is 8.77. The van der Waals surface area contributed by atoms with E-state index in [1.165, 1.54) is 11.3 Å². The maximum Gasteiger partial charge on any atom is 0.255 e. The number of nitrogens with zero attached hydrogens (tertiary/aromatic N) is 5. The van der Waals surface area contributed by atoms with Crippen molar-refractivity contribution in [1.29, 1.82) is 0 Å². The van der Waals surface area contributed by atoms with E-state index in [1.807, 2.05) is 30.6 Å². The smallest absolute Gasteiger partial charge is 0.255 e. The first-order valence-corrected chi connectivity index (χ1v) is 11.5. The summed E-state index contributed by atoms with van der Waals surface area (Å²) >= 11 is 3.16. The van der Waals surface area contributed by atoms with Crippen molar-refractivity contribution in [2.45, 2.75) is 39.7 Å². The fraction of sp³-hybridized carbons (Fsp3) is 0.286. The highest BCUT2D eigenvalue weighted by molar-refractivity contribution is 7.13. The number of rotatable bonds is 8. The number of aromatic nitrogens is 5. The molecule has 4 aromatic heterocycles. The van der Waals surface area contributed by atoms with E-state index in [4.69, 9.17) is 4.98 Å². The van der Waals surface area contributed by atoms with Crippen LogP contribution in [0.25, 0.3) is 16.5 Å². The van der Waals surface area contributed by atoms with Crippen molar-refractivity contribution in [2.75, 3.05) is 0 Å². The molecule has 30 heavy (non-hydrogen) atoms.